The number of carbonyl (C=O) groups excluding carboxylic acids is 2. The molecule has 2 aromatic rings. The van der Waals surface area contributed by atoms with Crippen LogP contribution in [0, 0.1) is 5.92 Å². The fourth-order valence-corrected chi connectivity index (χ4v) is 3.18. The van der Waals surface area contributed by atoms with Crippen molar-refractivity contribution < 1.29 is 14.7 Å². The Kier molecular flexibility index (Phi) is 5.06. The molecule has 0 saturated carbocycles. The van der Waals surface area contributed by atoms with Gasteiger partial charge in [-0.1, -0.05) is 48.5 Å². The van der Waals surface area contributed by atoms with Crippen molar-refractivity contribution in [1.82, 2.24) is 4.90 Å². The second-order valence-electron chi connectivity index (χ2n) is 6.18. The monoisotopic (exact) mass is 323 g/mol. The third-order valence-electron chi connectivity index (χ3n) is 4.50. The molecule has 124 valence electrons. The van der Waals surface area contributed by atoms with E-state index in [0.717, 1.165) is 12.8 Å². The summed E-state index contributed by atoms with van der Waals surface area (Å²) in [5.41, 5.74) is 1.44. The molecule has 0 aromatic heterocycles. The standard InChI is InChI=1S/C20H21NO3/c22-14-15-7-6-12-21(13-15)20(24)18-11-5-4-10-17(18)19(23)16-8-2-1-3-9-16/h1-5,8-11,15,22H,6-7,12-14H2. The summed E-state index contributed by atoms with van der Waals surface area (Å²) in [4.78, 5) is 27.4. The van der Waals surface area contributed by atoms with Gasteiger partial charge in [0.2, 0.25) is 0 Å². The molecule has 0 radical (unpaired) electrons. The average Bonchev–Trinajstić information content (AvgIpc) is 2.67. The minimum atomic E-state index is -0.143. The van der Waals surface area contributed by atoms with Crippen LogP contribution in [0.4, 0.5) is 0 Å². The molecule has 1 aliphatic heterocycles. The highest BCUT2D eigenvalue weighted by molar-refractivity contribution is 6.15. The second-order valence-corrected chi connectivity index (χ2v) is 6.18. The largest absolute Gasteiger partial charge is 0.396 e. The van der Waals surface area contributed by atoms with Crippen LogP contribution in [-0.4, -0.2) is 41.4 Å². The lowest BCUT2D eigenvalue weighted by atomic mass is 9.95. The number of hydrogen-bond donors (Lipinski definition) is 1. The van der Waals surface area contributed by atoms with Crippen molar-refractivity contribution in [3.8, 4) is 0 Å². The van der Waals surface area contributed by atoms with Gasteiger partial charge in [0.25, 0.3) is 5.91 Å². The Balaban J connectivity index is 1.89. The molecular formula is C20H21NO3. The quantitative estimate of drug-likeness (QED) is 0.880. The highest BCUT2D eigenvalue weighted by Gasteiger charge is 2.26. The fraction of sp³-hybridized carbons (Fsp3) is 0.300. The van der Waals surface area contributed by atoms with Crippen molar-refractivity contribution in [3.05, 3.63) is 71.3 Å². The van der Waals surface area contributed by atoms with E-state index < -0.39 is 0 Å². The normalized spacial score (nSPS) is 17.5. The predicted octanol–water partition coefficient (Wildman–Crippen LogP) is 2.76. The van der Waals surface area contributed by atoms with Crippen LogP contribution in [-0.2, 0) is 0 Å². The molecule has 1 N–H and O–H groups in total. The first-order valence-corrected chi connectivity index (χ1v) is 8.29. The van der Waals surface area contributed by atoms with E-state index in [9.17, 15) is 14.7 Å². The Morgan fingerprint density at radius 1 is 1.00 bits per heavy atom. The molecule has 0 bridgehead atoms. The number of rotatable bonds is 4. The molecule has 2 aromatic carbocycles. The molecule has 1 fully saturated rings. The summed E-state index contributed by atoms with van der Waals surface area (Å²) in [7, 11) is 0. The van der Waals surface area contributed by atoms with E-state index in [0.29, 0.717) is 29.8 Å². The maximum absolute atomic E-state index is 12.9. The Labute approximate surface area is 141 Å². The van der Waals surface area contributed by atoms with E-state index in [4.69, 9.17) is 0 Å². The summed E-state index contributed by atoms with van der Waals surface area (Å²) < 4.78 is 0. The van der Waals surface area contributed by atoms with Crippen LogP contribution < -0.4 is 0 Å². The Morgan fingerprint density at radius 3 is 2.38 bits per heavy atom. The molecule has 1 heterocycles. The summed E-state index contributed by atoms with van der Waals surface area (Å²) in [6.45, 7) is 1.31. The maximum atomic E-state index is 12.9. The molecule has 1 amide bonds. The van der Waals surface area contributed by atoms with Gasteiger partial charge in [0.05, 0.1) is 5.56 Å². The SMILES string of the molecule is O=C(c1ccccc1)c1ccccc1C(=O)N1CCCC(CO)C1. The molecule has 4 heteroatoms. The van der Waals surface area contributed by atoms with Gasteiger partial charge in [-0.25, -0.2) is 0 Å². The van der Waals surface area contributed by atoms with Gasteiger partial charge in [0.15, 0.2) is 5.78 Å². The van der Waals surface area contributed by atoms with Crippen LogP contribution in [0.5, 0.6) is 0 Å². The zero-order chi connectivity index (χ0) is 16.9. The molecule has 0 spiro atoms. The Bertz CT molecular complexity index is 727. The lowest BCUT2D eigenvalue weighted by Crippen LogP contribution is -2.41. The smallest absolute Gasteiger partial charge is 0.254 e. The van der Waals surface area contributed by atoms with E-state index in [2.05, 4.69) is 0 Å². The highest BCUT2D eigenvalue weighted by atomic mass is 16.3. The number of aliphatic hydroxyl groups is 1. The number of benzene rings is 2. The molecule has 24 heavy (non-hydrogen) atoms. The van der Waals surface area contributed by atoms with Gasteiger partial charge in [0, 0.05) is 30.8 Å². The summed E-state index contributed by atoms with van der Waals surface area (Å²) >= 11 is 0. The molecule has 1 aliphatic rings. The lowest BCUT2D eigenvalue weighted by Gasteiger charge is -2.32. The molecule has 1 unspecified atom stereocenters. The van der Waals surface area contributed by atoms with E-state index in [1.807, 2.05) is 18.2 Å². The molecule has 1 atom stereocenters. The third-order valence-corrected chi connectivity index (χ3v) is 4.50. The van der Waals surface area contributed by atoms with Crippen molar-refractivity contribution in [1.29, 1.82) is 0 Å². The molecular weight excluding hydrogens is 302 g/mol. The number of carbonyl (C=O) groups is 2. The van der Waals surface area contributed by atoms with Crippen molar-refractivity contribution in [2.45, 2.75) is 12.8 Å². The first-order chi connectivity index (χ1) is 11.7. The van der Waals surface area contributed by atoms with Gasteiger partial charge in [0.1, 0.15) is 0 Å². The topological polar surface area (TPSA) is 57.6 Å². The van der Waals surface area contributed by atoms with Crippen LogP contribution in [0.25, 0.3) is 0 Å². The third kappa shape index (κ3) is 3.39. The van der Waals surface area contributed by atoms with Crippen LogP contribution in [0.1, 0.15) is 39.1 Å². The van der Waals surface area contributed by atoms with E-state index >= 15 is 0 Å². The zero-order valence-electron chi connectivity index (χ0n) is 13.5. The summed E-state index contributed by atoms with van der Waals surface area (Å²) in [6.07, 6.45) is 1.82. The highest BCUT2D eigenvalue weighted by Crippen LogP contribution is 2.21. The molecule has 4 nitrogen and oxygen atoms in total. The van der Waals surface area contributed by atoms with Gasteiger partial charge in [-0.2, -0.15) is 0 Å². The van der Waals surface area contributed by atoms with Crippen LogP contribution in [0.15, 0.2) is 54.6 Å². The zero-order valence-corrected chi connectivity index (χ0v) is 13.5. The predicted molar refractivity (Wildman–Crippen MR) is 92.0 cm³/mol. The summed E-state index contributed by atoms with van der Waals surface area (Å²) in [6, 6.07) is 16.0. The first kappa shape index (κ1) is 16.4. The fourth-order valence-electron chi connectivity index (χ4n) is 3.18. The number of aliphatic hydroxyl groups excluding tert-OH is 1. The number of likely N-dealkylation sites (tertiary alicyclic amines) is 1. The first-order valence-electron chi connectivity index (χ1n) is 8.29. The van der Waals surface area contributed by atoms with Crippen molar-refractivity contribution in [2.24, 2.45) is 5.92 Å². The van der Waals surface area contributed by atoms with Gasteiger partial charge in [-0.3, -0.25) is 9.59 Å². The Morgan fingerprint density at radius 2 is 1.67 bits per heavy atom. The van der Waals surface area contributed by atoms with Crippen LogP contribution in [0.2, 0.25) is 0 Å². The minimum Gasteiger partial charge on any atom is -0.396 e. The molecule has 0 aliphatic carbocycles. The Hall–Kier alpha value is -2.46. The van der Waals surface area contributed by atoms with Crippen LogP contribution >= 0.6 is 0 Å². The van der Waals surface area contributed by atoms with Crippen molar-refractivity contribution in [3.63, 3.8) is 0 Å². The summed E-state index contributed by atoms with van der Waals surface area (Å²) in [5.74, 6) is -0.150. The summed E-state index contributed by atoms with van der Waals surface area (Å²) in [5, 5.41) is 9.36. The molecule has 1 saturated heterocycles. The second kappa shape index (κ2) is 7.41. The van der Waals surface area contributed by atoms with Crippen molar-refractivity contribution >= 4 is 11.7 Å². The van der Waals surface area contributed by atoms with E-state index in [1.54, 1.807) is 41.3 Å². The van der Waals surface area contributed by atoms with Gasteiger partial charge in [-0.05, 0) is 24.8 Å². The number of ketones is 1. The number of amides is 1. The number of nitrogens with zero attached hydrogens (tertiary/aromatic N) is 1. The number of hydrogen-bond acceptors (Lipinski definition) is 3. The number of piperidine rings is 1. The van der Waals surface area contributed by atoms with Gasteiger partial charge in [-0.15, -0.1) is 0 Å². The van der Waals surface area contributed by atoms with Crippen LogP contribution in [0.3, 0.4) is 0 Å². The van der Waals surface area contributed by atoms with E-state index in [1.165, 1.54) is 0 Å². The average molecular weight is 323 g/mol. The minimum absolute atomic E-state index is 0.0916. The molecule has 3 rings (SSSR count). The van der Waals surface area contributed by atoms with Gasteiger partial charge >= 0.3 is 0 Å². The van der Waals surface area contributed by atoms with Gasteiger partial charge < -0.3 is 10.0 Å². The maximum Gasteiger partial charge on any atom is 0.254 e. The lowest BCUT2D eigenvalue weighted by molar-refractivity contribution is 0.0618. The van der Waals surface area contributed by atoms with E-state index in [-0.39, 0.29) is 24.2 Å². The van der Waals surface area contributed by atoms with Crippen molar-refractivity contribution in [2.75, 3.05) is 19.7 Å².